The summed E-state index contributed by atoms with van der Waals surface area (Å²) < 4.78 is 16.4. The Morgan fingerprint density at radius 2 is 1.86 bits per heavy atom. The van der Waals surface area contributed by atoms with Gasteiger partial charge in [0.2, 0.25) is 0 Å². The molecule has 0 fully saturated rings. The number of aryl methyl sites for hydroxylation is 1. The molecule has 9 heteroatoms. The summed E-state index contributed by atoms with van der Waals surface area (Å²) >= 11 is 3.34. The molecule has 146 valence electrons. The van der Waals surface area contributed by atoms with E-state index in [4.69, 9.17) is 0 Å². The molecule has 4 rings (SSSR count). The fourth-order valence-corrected chi connectivity index (χ4v) is 3.53. The van der Waals surface area contributed by atoms with Crippen molar-refractivity contribution in [2.24, 2.45) is 7.05 Å². The van der Waals surface area contributed by atoms with Gasteiger partial charge in [-0.2, -0.15) is 0 Å². The summed E-state index contributed by atoms with van der Waals surface area (Å²) in [7, 11) is 1.60. The SMILES string of the molecule is Cn1cc(C(=O)Nc2cccc(Br)c2)c2[nH]c(=O)n(-c3ccc(F)cc3)c(=O)c21. The molecule has 2 aromatic carbocycles. The highest BCUT2D eigenvalue weighted by molar-refractivity contribution is 9.10. The zero-order chi connectivity index (χ0) is 20.7. The van der Waals surface area contributed by atoms with Crippen molar-refractivity contribution in [2.45, 2.75) is 0 Å². The number of amides is 1. The van der Waals surface area contributed by atoms with Gasteiger partial charge >= 0.3 is 5.69 Å². The van der Waals surface area contributed by atoms with Gasteiger partial charge in [-0.15, -0.1) is 0 Å². The van der Waals surface area contributed by atoms with Crippen LogP contribution in [0.1, 0.15) is 10.4 Å². The molecule has 0 aliphatic heterocycles. The fourth-order valence-electron chi connectivity index (χ4n) is 3.13. The first kappa shape index (κ1) is 18.9. The van der Waals surface area contributed by atoms with E-state index in [1.807, 2.05) is 6.07 Å². The third-order valence-electron chi connectivity index (χ3n) is 4.43. The molecule has 2 heterocycles. The first-order valence-electron chi connectivity index (χ1n) is 8.52. The number of rotatable bonds is 3. The molecule has 4 aromatic rings. The number of aromatic amines is 1. The van der Waals surface area contributed by atoms with Crippen molar-refractivity contribution in [3.8, 4) is 5.69 Å². The Morgan fingerprint density at radius 1 is 1.14 bits per heavy atom. The minimum absolute atomic E-state index is 0.133. The second-order valence-corrected chi connectivity index (χ2v) is 7.30. The summed E-state index contributed by atoms with van der Waals surface area (Å²) in [4.78, 5) is 40.9. The molecule has 2 aromatic heterocycles. The maximum atomic E-state index is 13.2. The van der Waals surface area contributed by atoms with Crippen molar-refractivity contribution in [2.75, 3.05) is 5.32 Å². The van der Waals surface area contributed by atoms with Crippen LogP contribution in [0.2, 0.25) is 0 Å². The first-order chi connectivity index (χ1) is 13.8. The molecule has 0 bridgehead atoms. The van der Waals surface area contributed by atoms with Crippen LogP contribution in [0.5, 0.6) is 0 Å². The van der Waals surface area contributed by atoms with E-state index in [1.54, 1.807) is 25.2 Å². The number of nitrogens with zero attached hydrogens (tertiary/aromatic N) is 2. The number of anilines is 1. The summed E-state index contributed by atoms with van der Waals surface area (Å²) in [5.41, 5.74) is -0.120. The van der Waals surface area contributed by atoms with Crippen LogP contribution < -0.4 is 16.6 Å². The number of carbonyl (C=O) groups excluding carboxylic acids is 1. The molecule has 0 aliphatic carbocycles. The Kier molecular flexibility index (Phi) is 4.67. The van der Waals surface area contributed by atoms with Crippen molar-refractivity contribution >= 4 is 38.6 Å². The molecule has 0 atom stereocenters. The number of fused-ring (bicyclic) bond motifs is 1. The molecule has 29 heavy (non-hydrogen) atoms. The molecule has 1 amide bonds. The van der Waals surface area contributed by atoms with Crippen LogP contribution in [0.25, 0.3) is 16.7 Å². The first-order valence-corrected chi connectivity index (χ1v) is 9.31. The molecule has 0 radical (unpaired) electrons. The summed E-state index contributed by atoms with van der Waals surface area (Å²) in [6.45, 7) is 0. The topological polar surface area (TPSA) is 88.9 Å². The Hall–Kier alpha value is -3.46. The van der Waals surface area contributed by atoms with E-state index in [1.165, 1.54) is 22.9 Å². The van der Waals surface area contributed by atoms with Crippen LogP contribution in [0, 0.1) is 5.82 Å². The highest BCUT2D eigenvalue weighted by Crippen LogP contribution is 2.19. The third-order valence-corrected chi connectivity index (χ3v) is 4.93. The van der Waals surface area contributed by atoms with Gasteiger partial charge in [0.05, 0.1) is 16.8 Å². The van der Waals surface area contributed by atoms with Gasteiger partial charge in [0.15, 0.2) is 0 Å². The molecule has 0 unspecified atom stereocenters. The lowest BCUT2D eigenvalue weighted by Gasteiger charge is -2.07. The summed E-state index contributed by atoms with van der Waals surface area (Å²) in [6, 6.07) is 12.0. The molecule has 7 nitrogen and oxygen atoms in total. The van der Waals surface area contributed by atoms with E-state index in [0.29, 0.717) is 5.69 Å². The van der Waals surface area contributed by atoms with Crippen LogP contribution in [-0.2, 0) is 7.05 Å². The van der Waals surface area contributed by atoms with Crippen molar-refractivity contribution in [3.63, 3.8) is 0 Å². The van der Waals surface area contributed by atoms with E-state index in [9.17, 15) is 18.8 Å². The van der Waals surface area contributed by atoms with Gasteiger partial charge < -0.3 is 14.9 Å². The second-order valence-electron chi connectivity index (χ2n) is 6.39. The molecular weight excluding hydrogens is 443 g/mol. The Balaban J connectivity index is 1.84. The zero-order valence-electron chi connectivity index (χ0n) is 15.1. The largest absolute Gasteiger partial charge is 0.344 e. The predicted octanol–water partition coefficient (Wildman–Crippen LogP) is 3.17. The number of benzene rings is 2. The molecular formula is C20H14BrFN4O3. The highest BCUT2D eigenvalue weighted by atomic mass is 79.9. The fraction of sp³-hybridized carbons (Fsp3) is 0.0500. The normalized spacial score (nSPS) is 11.0. The molecule has 2 N–H and O–H groups in total. The number of nitrogens with one attached hydrogen (secondary N) is 2. The standard InChI is InChI=1S/C20H14BrFN4O3/c1-25-10-15(18(27)23-13-4-2-3-11(21)9-13)16-17(25)19(28)26(20(29)24-16)14-7-5-12(22)6-8-14/h2-10H,1H3,(H,23,27)(H,24,29). The van der Waals surface area contributed by atoms with E-state index in [0.717, 1.165) is 21.2 Å². The molecule has 0 spiro atoms. The summed E-state index contributed by atoms with van der Waals surface area (Å²) in [5, 5.41) is 2.74. The Labute approximate surface area is 171 Å². The quantitative estimate of drug-likeness (QED) is 0.496. The lowest BCUT2D eigenvalue weighted by molar-refractivity contribution is 0.102. The van der Waals surface area contributed by atoms with E-state index < -0.39 is 23.0 Å². The van der Waals surface area contributed by atoms with Gasteiger partial charge in [0.25, 0.3) is 11.5 Å². The minimum atomic E-state index is -0.725. The maximum absolute atomic E-state index is 13.2. The molecule has 0 saturated carbocycles. The van der Waals surface area contributed by atoms with Crippen molar-refractivity contribution in [1.82, 2.24) is 14.1 Å². The minimum Gasteiger partial charge on any atom is -0.344 e. The molecule has 0 aliphatic rings. The number of hydrogen-bond acceptors (Lipinski definition) is 3. The van der Waals surface area contributed by atoms with E-state index >= 15 is 0 Å². The number of carbonyl (C=O) groups is 1. The molecule has 0 saturated heterocycles. The van der Waals surface area contributed by atoms with Crippen LogP contribution in [0.4, 0.5) is 10.1 Å². The third kappa shape index (κ3) is 3.40. The lowest BCUT2D eigenvalue weighted by Crippen LogP contribution is -2.34. The van der Waals surface area contributed by atoms with Crippen molar-refractivity contribution in [3.05, 3.63) is 91.4 Å². The van der Waals surface area contributed by atoms with E-state index in [2.05, 4.69) is 26.2 Å². The maximum Gasteiger partial charge on any atom is 0.333 e. The van der Waals surface area contributed by atoms with Gasteiger partial charge in [-0.25, -0.2) is 13.8 Å². The number of hydrogen-bond donors (Lipinski definition) is 2. The Bertz CT molecular complexity index is 1370. The van der Waals surface area contributed by atoms with Gasteiger partial charge in [-0.05, 0) is 42.5 Å². The van der Waals surface area contributed by atoms with E-state index in [-0.39, 0.29) is 22.3 Å². The van der Waals surface area contributed by atoms with Crippen LogP contribution in [0.15, 0.2) is 68.8 Å². The summed E-state index contributed by atoms with van der Waals surface area (Å²) in [6.07, 6.45) is 1.48. The predicted molar refractivity (Wildman–Crippen MR) is 111 cm³/mol. The summed E-state index contributed by atoms with van der Waals surface area (Å²) in [5.74, 6) is -0.951. The number of halogens is 2. The van der Waals surface area contributed by atoms with Gasteiger partial charge in [-0.3, -0.25) is 9.59 Å². The Morgan fingerprint density at radius 3 is 2.55 bits per heavy atom. The average molecular weight is 457 g/mol. The van der Waals surface area contributed by atoms with Crippen LogP contribution in [-0.4, -0.2) is 20.0 Å². The second kappa shape index (κ2) is 7.17. The van der Waals surface area contributed by atoms with Crippen molar-refractivity contribution in [1.29, 1.82) is 0 Å². The van der Waals surface area contributed by atoms with Gasteiger partial charge in [0, 0.05) is 23.4 Å². The monoisotopic (exact) mass is 456 g/mol. The number of aromatic nitrogens is 3. The number of H-pyrrole nitrogens is 1. The van der Waals surface area contributed by atoms with Crippen LogP contribution >= 0.6 is 15.9 Å². The van der Waals surface area contributed by atoms with Crippen molar-refractivity contribution < 1.29 is 9.18 Å². The zero-order valence-corrected chi connectivity index (χ0v) is 16.7. The van der Waals surface area contributed by atoms with Crippen LogP contribution in [0.3, 0.4) is 0 Å². The smallest absolute Gasteiger partial charge is 0.333 e. The highest BCUT2D eigenvalue weighted by Gasteiger charge is 2.20. The van der Waals surface area contributed by atoms with Gasteiger partial charge in [0.1, 0.15) is 11.3 Å². The van der Waals surface area contributed by atoms with Gasteiger partial charge in [-0.1, -0.05) is 22.0 Å². The average Bonchev–Trinajstić information content (AvgIpc) is 3.00. The lowest BCUT2D eigenvalue weighted by atomic mass is 10.2.